The second-order valence-corrected chi connectivity index (χ2v) is 7.87. The van der Waals surface area contributed by atoms with E-state index in [1.165, 1.54) is 0 Å². The van der Waals surface area contributed by atoms with Crippen molar-refractivity contribution in [1.29, 1.82) is 0 Å². The number of aliphatic hydroxyl groups is 1. The summed E-state index contributed by atoms with van der Waals surface area (Å²) in [6, 6.07) is 14.0. The lowest BCUT2D eigenvalue weighted by molar-refractivity contribution is 0.0473. The van der Waals surface area contributed by atoms with E-state index in [1.54, 1.807) is 6.20 Å². The van der Waals surface area contributed by atoms with Crippen LogP contribution in [0, 0.1) is 0 Å². The van der Waals surface area contributed by atoms with Gasteiger partial charge in [0.25, 0.3) is 0 Å². The fourth-order valence-corrected chi connectivity index (χ4v) is 3.51. The first-order chi connectivity index (χ1) is 14.1. The summed E-state index contributed by atoms with van der Waals surface area (Å²) < 4.78 is 5.55. The molecule has 5 heteroatoms. The fraction of sp³-hybridized carbons (Fsp3) is 0.333. The Morgan fingerprint density at radius 3 is 2.66 bits per heavy atom. The molecule has 0 unspecified atom stereocenters. The summed E-state index contributed by atoms with van der Waals surface area (Å²) >= 11 is 0. The molecule has 0 radical (unpaired) electrons. The summed E-state index contributed by atoms with van der Waals surface area (Å²) in [5, 5.41) is 14.1. The van der Waals surface area contributed by atoms with E-state index in [9.17, 15) is 9.90 Å². The van der Waals surface area contributed by atoms with Crippen molar-refractivity contribution in [2.24, 2.45) is 0 Å². The lowest BCUT2D eigenvalue weighted by atomic mass is 9.94. The maximum atomic E-state index is 12.8. The second-order valence-electron chi connectivity index (χ2n) is 7.87. The zero-order chi connectivity index (χ0) is 20.4. The molecule has 0 amide bonds. The molecule has 0 aliphatic heterocycles. The van der Waals surface area contributed by atoms with Crippen LogP contribution in [0.2, 0.25) is 0 Å². The Morgan fingerprint density at radius 2 is 2.00 bits per heavy atom. The van der Waals surface area contributed by atoms with Crippen LogP contribution in [0.4, 0.5) is 5.69 Å². The first-order valence-corrected chi connectivity index (χ1v) is 10.1. The van der Waals surface area contributed by atoms with E-state index >= 15 is 0 Å². The van der Waals surface area contributed by atoms with Crippen LogP contribution < -0.4 is 5.32 Å². The van der Waals surface area contributed by atoms with Crippen LogP contribution in [0.15, 0.2) is 48.7 Å². The Bertz CT molecular complexity index is 1030. The monoisotopic (exact) mass is 390 g/mol. The van der Waals surface area contributed by atoms with Crippen molar-refractivity contribution < 1.29 is 14.6 Å². The summed E-state index contributed by atoms with van der Waals surface area (Å²) in [7, 11) is 0. The molecule has 0 spiro atoms. The van der Waals surface area contributed by atoms with Crippen molar-refractivity contribution in [2.45, 2.75) is 51.9 Å². The number of pyridine rings is 1. The van der Waals surface area contributed by atoms with Crippen molar-refractivity contribution in [1.82, 2.24) is 4.98 Å². The predicted octanol–water partition coefficient (Wildman–Crippen LogP) is 4.78. The maximum Gasteiger partial charge on any atom is 0.342 e. The third kappa shape index (κ3) is 4.25. The van der Waals surface area contributed by atoms with Gasteiger partial charge in [-0.2, -0.15) is 0 Å². The van der Waals surface area contributed by atoms with E-state index in [2.05, 4.69) is 24.1 Å². The molecule has 3 aromatic rings. The van der Waals surface area contributed by atoms with E-state index < -0.39 is 0 Å². The predicted molar refractivity (Wildman–Crippen MR) is 114 cm³/mol. The van der Waals surface area contributed by atoms with Gasteiger partial charge >= 0.3 is 5.97 Å². The molecule has 4 rings (SSSR count). The normalized spacial score (nSPS) is 13.7. The van der Waals surface area contributed by atoms with E-state index in [1.807, 2.05) is 42.5 Å². The highest BCUT2D eigenvalue weighted by molar-refractivity contribution is 6.05. The molecule has 0 saturated heterocycles. The zero-order valence-electron chi connectivity index (χ0n) is 16.8. The third-order valence-electron chi connectivity index (χ3n) is 5.25. The molecule has 29 heavy (non-hydrogen) atoms. The SMILES string of the molecule is CC(C)c1cc2c(NCc3ccccc3)c(C(=O)OC3CC3)cnc2cc1CO. The van der Waals surface area contributed by atoms with Gasteiger partial charge in [0.1, 0.15) is 11.7 Å². The number of aromatic nitrogens is 1. The highest BCUT2D eigenvalue weighted by Crippen LogP contribution is 2.33. The number of ether oxygens (including phenoxy) is 1. The number of hydrogen-bond donors (Lipinski definition) is 2. The summed E-state index contributed by atoms with van der Waals surface area (Å²) in [5.74, 6) is -0.0969. The van der Waals surface area contributed by atoms with Crippen LogP contribution in [-0.2, 0) is 17.9 Å². The van der Waals surface area contributed by atoms with Gasteiger partial charge in [0.2, 0.25) is 0 Å². The van der Waals surface area contributed by atoms with Gasteiger partial charge in [0.15, 0.2) is 0 Å². The van der Waals surface area contributed by atoms with Gasteiger partial charge in [-0.15, -0.1) is 0 Å². The van der Waals surface area contributed by atoms with Crippen LogP contribution in [0.5, 0.6) is 0 Å². The molecule has 0 bridgehead atoms. The Hall–Kier alpha value is -2.92. The van der Waals surface area contributed by atoms with Crippen LogP contribution >= 0.6 is 0 Å². The van der Waals surface area contributed by atoms with Crippen LogP contribution in [-0.4, -0.2) is 22.2 Å². The molecule has 1 aromatic heterocycles. The van der Waals surface area contributed by atoms with Gasteiger partial charge in [-0.1, -0.05) is 44.2 Å². The average molecular weight is 390 g/mol. The molecule has 5 nitrogen and oxygen atoms in total. The van der Waals surface area contributed by atoms with Gasteiger partial charge < -0.3 is 15.2 Å². The largest absolute Gasteiger partial charge is 0.459 e. The number of nitrogens with one attached hydrogen (secondary N) is 1. The van der Waals surface area contributed by atoms with Gasteiger partial charge in [0, 0.05) is 18.1 Å². The Morgan fingerprint density at radius 1 is 1.24 bits per heavy atom. The topological polar surface area (TPSA) is 71.5 Å². The van der Waals surface area contributed by atoms with E-state index in [-0.39, 0.29) is 24.6 Å². The molecular weight excluding hydrogens is 364 g/mol. The van der Waals surface area contributed by atoms with E-state index in [0.717, 1.165) is 46.1 Å². The van der Waals surface area contributed by atoms with Crippen molar-refractivity contribution in [3.63, 3.8) is 0 Å². The first-order valence-electron chi connectivity index (χ1n) is 10.1. The molecule has 150 valence electrons. The summed E-state index contributed by atoms with van der Waals surface area (Å²) in [6.07, 6.45) is 3.47. The average Bonchev–Trinajstić information content (AvgIpc) is 3.55. The number of nitrogens with zero attached hydrogens (tertiary/aromatic N) is 1. The Balaban J connectivity index is 1.80. The van der Waals surface area contributed by atoms with Crippen LogP contribution in [0.1, 0.15) is 59.7 Å². The van der Waals surface area contributed by atoms with Crippen molar-refractivity contribution in [3.8, 4) is 0 Å². The zero-order valence-corrected chi connectivity index (χ0v) is 16.8. The highest BCUT2D eigenvalue weighted by Gasteiger charge is 2.28. The molecule has 0 atom stereocenters. The summed E-state index contributed by atoms with van der Waals surface area (Å²) in [5.41, 5.74) is 4.97. The first kappa shape index (κ1) is 19.4. The summed E-state index contributed by atoms with van der Waals surface area (Å²) in [4.78, 5) is 17.3. The van der Waals surface area contributed by atoms with Crippen molar-refractivity contribution in [3.05, 3.63) is 70.9 Å². The molecule has 1 fully saturated rings. The van der Waals surface area contributed by atoms with Gasteiger partial charge in [-0.25, -0.2) is 4.79 Å². The lowest BCUT2D eigenvalue weighted by Crippen LogP contribution is -2.12. The van der Waals surface area contributed by atoms with Crippen LogP contribution in [0.3, 0.4) is 0 Å². The highest BCUT2D eigenvalue weighted by atomic mass is 16.5. The molecule has 2 aromatic carbocycles. The van der Waals surface area contributed by atoms with E-state index in [0.29, 0.717) is 12.1 Å². The van der Waals surface area contributed by atoms with Crippen LogP contribution in [0.25, 0.3) is 10.9 Å². The number of rotatable bonds is 7. The smallest absolute Gasteiger partial charge is 0.342 e. The number of fused-ring (bicyclic) bond motifs is 1. The number of carbonyl (C=O) groups excluding carboxylic acids is 1. The number of anilines is 1. The second kappa shape index (κ2) is 8.21. The summed E-state index contributed by atoms with van der Waals surface area (Å²) in [6.45, 7) is 4.73. The minimum absolute atomic E-state index is 0.0307. The number of aliphatic hydroxyl groups excluding tert-OH is 1. The quantitative estimate of drug-likeness (QED) is 0.568. The maximum absolute atomic E-state index is 12.8. The minimum Gasteiger partial charge on any atom is -0.459 e. The minimum atomic E-state index is -0.338. The van der Waals surface area contributed by atoms with Gasteiger partial charge in [-0.05, 0) is 47.6 Å². The number of carbonyl (C=O) groups is 1. The van der Waals surface area contributed by atoms with Gasteiger partial charge in [-0.3, -0.25) is 4.98 Å². The van der Waals surface area contributed by atoms with E-state index in [4.69, 9.17) is 4.74 Å². The van der Waals surface area contributed by atoms with Crippen molar-refractivity contribution in [2.75, 3.05) is 5.32 Å². The molecule has 1 saturated carbocycles. The fourth-order valence-electron chi connectivity index (χ4n) is 3.51. The van der Waals surface area contributed by atoms with Crippen molar-refractivity contribution >= 4 is 22.6 Å². The molecule has 2 N–H and O–H groups in total. The third-order valence-corrected chi connectivity index (χ3v) is 5.25. The number of hydrogen-bond acceptors (Lipinski definition) is 5. The molecule has 1 heterocycles. The Labute approximate surface area is 170 Å². The van der Waals surface area contributed by atoms with Gasteiger partial charge in [0.05, 0.1) is 17.8 Å². The number of benzene rings is 2. The lowest BCUT2D eigenvalue weighted by Gasteiger charge is -2.18. The standard InChI is InChI=1S/C24H26N2O3/c1-15(2)19-11-20-22(10-17(19)14-27)25-13-21(24(28)29-18-8-9-18)23(20)26-12-16-6-4-3-5-7-16/h3-7,10-11,13,15,18,27H,8-9,12,14H2,1-2H3,(H,25,26). The molecule has 1 aliphatic rings. The molecular formula is C24H26N2O3. The Kier molecular flexibility index (Phi) is 5.49. The molecule has 1 aliphatic carbocycles. The number of esters is 1.